The van der Waals surface area contributed by atoms with Gasteiger partial charge in [0.15, 0.2) is 4.34 Å². The largest absolute Gasteiger partial charge is 0.382 e. The maximum Gasteiger partial charge on any atom is 0.233 e. The van der Waals surface area contributed by atoms with Crippen LogP contribution in [0.3, 0.4) is 0 Å². The van der Waals surface area contributed by atoms with Crippen molar-refractivity contribution in [2.45, 2.75) is 43.7 Å². The molecule has 0 radical (unpaired) electrons. The van der Waals surface area contributed by atoms with E-state index in [0.29, 0.717) is 19.8 Å². The number of amides is 1. The van der Waals surface area contributed by atoms with Gasteiger partial charge in [-0.1, -0.05) is 35.2 Å². The number of nitrogens with zero attached hydrogens (tertiary/aromatic N) is 2. The first kappa shape index (κ1) is 20.7. The summed E-state index contributed by atoms with van der Waals surface area (Å²) in [6.07, 6.45) is 0.819. The van der Waals surface area contributed by atoms with Crippen LogP contribution in [0, 0.1) is 13.8 Å². The summed E-state index contributed by atoms with van der Waals surface area (Å²) in [5, 5.41) is 15.1. The Hall–Kier alpha value is -1.64. The zero-order valence-corrected chi connectivity index (χ0v) is 17.3. The number of rotatable bonds is 10. The molecule has 0 fully saturated rings. The zero-order chi connectivity index (χ0) is 18.9. The van der Waals surface area contributed by atoms with Crippen LogP contribution in [-0.2, 0) is 9.53 Å². The summed E-state index contributed by atoms with van der Waals surface area (Å²) in [6, 6.07) is 6.12. The number of carbonyl (C=O) groups excluding carboxylic acids is 1. The summed E-state index contributed by atoms with van der Waals surface area (Å²) in [4.78, 5) is 12.1. The Kier molecular flexibility index (Phi) is 8.34. The molecule has 1 aromatic carbocycles. The van der Waals surface area contributed by atoms with Gasteiger partial charge < -0.3 is 15.4 Å². The molecule has 0 saturated carbocycles. The predicted octanol–water partition coefficient (Wildman–Crippen LogP) is 3.92. The SMILES string of the molecule is CCOCCCNC(=O)C(C)Sc1nnc(Nc2cccc(C)c2C)s1. The van der Waals surface area contributed by atoms with Crippen molar-refractivity contribution in [3.8, 4) is 0 Å². The number of hydrogen-bond donors (Lipinski definition) is 2. The lowest BCUT2D eigenvalue weighted by Crippen LogP contribution is -2.32. The molecule has 142 valence electrons. The van der Waals surface area contributed by atoms with Gasteiger partial charge in [0.2, 0.25) is 11.0 Å². The van der Waals surface area contributed by atoms with Crippen LogP contribution < -0.4 is 10.6 Å². The molecule has 1 unspecified atom stereocenters. The van der Waals surface area contributed by atoms with Crippen LogP contribution in [0.1, 0.15) is 31.4 Å². The van der Waals surface area contributed by atoms with E-state index in [4.69, 9.17) is 4.74 Å². The lowest BCUT2D eigenvalue weighted by atomic mass is 10.1. The van der Waals surface area contributed by atoms with Gasteiger partial charge in [-0.15, -0.1) is 10.2 Å². The van der Waals surface area contributed by atoms with E-state index < -0.39 is 0 Å². The highest BCUT2D eigenvalue weighted by molar-refractivity contribution is 8.02. The highest BCUT2D eigenvalue weighted by atomic mass is 32.2. The number of hydrogen-bond acceptors (Lipinski definition) is 7. The molecule has 0 aliphatic rings. The Morgan fingerprint density at radius 3 is 2.92 bits per heavy atom. The number of ether oxygens (including phenoxy) is 1. The number of nitrogens with one attached hydrogen (secondary N) is 2. The van der Waals surface area contributed by atoms with Crippen molar-refractivity contribution >= 4 is 39.8 Å². The lowest BCUT2D eigenvalue weighted by molar-refractivity contribution is -0.120. The molecule has 0 bridgehead atoms. The molecule has 1 atom stereocenters. The van der Waals surface area contributed by atoms with Crippen LogP contribution in [0.4, 0.5) is 10.8 Å². The minimum Gasteiger partial charge on any atom is -0.382 e. The van der Waals surface area contributed by atoms with E-state index in [1.54, 1.807) is 0 Å². The molecule has 1 amide bonds. The van der Waals surface area contributed by atoms with E-state index in [1.807, 2.05) is 26.0 Å². The average molecular weight is 395 g/mol. The Bertz CT molecular complexity index is 721. The first-order valence-electron chi connectivity index (χ1n) is 8.70. The van der Waals surface area contributed by atoms with E-state index >= 15 is 0 Å². The third-order valence-corrected chi connectivity index (χ3v) is 5.89. The smallest absolute Gasteiger partial charge is 0.233 e. The summed E-state index contributed by atoms with van der Waals surface area (Å²) in [7, 11) is 0. The molecule has 6 nitrogen and oxygen atoms in total. The van der Waals surface area contributed by atoms with Gasteiger partial charge in [0.1, 0.15) is 0 Å². The molecule has 26 heavy (non-hydrogen) atoms. The van der Waals surface area contributed by atoms with Crippen molar-refractivity contribution in [1.82, 2.24) is 15.5 Å². The quantitative estimate of drug-likeness (QED) is 0.470. The van der Waals surface area contributed by atoms with Gasteiger partial charge in [-0.3, -0.25) is 4.79 Å². The summed E-state index contributed by atoms with van der Waals surface area (Å²) in [5.41, 5.74) is 3.44. The Labute approximate surface area is 163 Å². The second kappa shape index (κ2) is 10.5. The third kappa shape index (κ3) is 6.26. The van der Waals surface area contributed by atoms with Crippen LogP contribution in [0.5, 0.6) is 0 Å². The number of aryl methyl sites for hydroxylation is 1. The predicted molar refractivity (Wildman–Crippen MR) is 109 cm³/mol. The highest BCUT2D eigenvalue weighted by Crippen LogP contribution is 2.31. The van der Waals surface area contributed by atoms with E-state index in [1.165, 1.54) is 34.2 Å². The molecule has 0 aliphatic carbocycles. The average Bonchev–Trinajstić information content (AvgIpc) is 3.05. The fourth-order valence-electron chi connectivity index (χ4n) is 2.19. The number of benzene rings is 1. The van der Waals surface area contributed by atoms with Gasteiger partial charge >= 0.3 is 0 Å². The Morgan fingerprint density at radius 1 is 1.35 bits per heavy atom. The van der Waals surface area contributed by atoms with Crippen LogP contribution in [0.15, 0.2) is 22.5 Å². The highest BCUT2D eigenvalue weighted by Gasteiger charge is 2.17. The second-order valence-corrected chi connectivity index (χ2v) is 8.41. The van der Waals surface area contributed by atoms with Gasteiger partial charge in [0.25, 0.3) is 0 Å². The lowest BCUT2D eigenvalue weighted by Gasteiger charge is -2.10. The standard InChI is InChI=1S/C18H26N4O2S2/c1-5-24-11-7-10-19-16(23)14(4)25-18-22-21-17(26-18)20-15-9-6-8-12(2)13(15)3/h6,8-9,14H,5,7,10-11H2,1-4H3,(H,19,23)(H,20,21). The van der Waals surface area contributed by atoms with Crippen molar-refractivity contribution in [2.24, 2.45) is 0 Å². The molecule has 0 spiro atoms. The number of thioether (sulfide) groups is 1. The normalized spacial score (nSPS) is 12.0. The summed E-state index contributed by atoms with van der Waals surface area (Å²) in [5.74, 6) is 0.00531. The van der Waals surface area contributed by atoms with Crippen molar-refractivity contribution in [3.63, 3.8) is 0 Å². The number of aromatic nitrogens is 2. The van der Waals surface area contributed by atoms with Crippen LogP contribution in [-0.4, -0.2) is 41.1 Å². The molecule has 0 aliphatic heterocycles. The minimum absolute atomic E-state index is 0.00531. The van der Waals surface area contributed by atoms with Crippen molar-refractivity contribution in [3.05, 3.63) is 29.3 Å². The molecular weight excluding hydrogens is 368 g/mol. The Balaban J connectivity index is 1.83. The van der Waals surface area contributed by atoms with Crippen LogP contribution >= 0.6 is 23.1 Å². The first-order valence-corrected chi connectivity index (χ1v) is 10.4. The van der Waals surface area contributed by atoms with E-state index in [9.17, 15) is 4.79 Å². The van der Waals surface area contributed by atoms with Gasteiger partial charge in [0, 0.05) is 25.4 Å². The fraction of sp³-hybridized carbons (Fsp3) is 0.500. The number of anilines is 2. The van der Waals surface area contributed by atoms with Crippen LogP contribution in [0.25, 0.3) is 0 Å². The van der Waals surface area contributed by atoms with E-state index in [0.717, 1.165) is 21.6 Å². The summed E-state index contributed by atoms with van der Waals surface area (Å²) >= 11 is 2.87. The van der Waals surface area contributed by atoms with E-state index in [-0.39, 0.29) is 11.2 Å². The molecule has 2 aromatic rings. The minimum atomic E-state index is -0.219. The van der Waals surface area contributed by atoms with Crippen molar-refractivity contribution in [2.75, 3.05) is 25.1 Å². The fourth-order valence-corrected chi connectivity index (χ4v) is 4.12. The van der Waals surface area contributed by atoms with E-state index in [2.05, 4.69) is 40.7 Å². The summed E-state index contributed by atoms with van der Waals surface area (Å²) < 4.78 is 6.03. The second-order valence-electron chi connectivity index (χ2n) is 5.85. The van der Waals surface area contributed by atoms with Gasteiger partial charge in [-0.05, 0) is 51.3 Å². The van der Waals surface area contributed by atoms with Crippen LogP contribution in [0.2, 0.25) is 0 Å². The topological polar surface area (TPSA) is 76.1 Å². The molecule has 8 heteroatoms. The summed E-state index contributed by atoms with van der Waals surface area (Å²) in [6.45, 7) is 9.99. The maximum absolute atomic E-state index is 12.1. The maximum atomic E-state index is 12.1. The molecule has 2 rings (SSSR count). The van der Waals surface area contributed by atoms with Crippen molar-refractivity contribution in [1.29, 1.82) is 0 Å². The van der Waals surface area contributed by atoms with Gasteiger partial charge in [-0.2, -0.15) is 0 Å². The van der Waals surface area contributed by atoms with Gasteiger partial charge in [-0.25, -0.2) is 0 Å². The third-order valence-electron chi connectivity index (χ3n) is 3.87. The van der Waals surface area contributed by atoms with Crippen molar-refractivity contribution < 1.29 is 9.53 Å². The molecular formula is C18H26N4O2S2. The zero-order valence-electron chi connectivity index (χ0n) is 15.7. The molecule has 0 saturated heterocycles. The molecule has 2 N–H and O–H groups in total. The Morgan fingerprint density at radius 2 is 2.15 bits per heavy atom. The molecule has 1 aromatic heterocycles. The van der Waals surface area contributed by atoms with Gasteiger partial charge in [0.05, 0.1) is 5.25 Å². The number of carbonyl (C=O) groups is 1. The first-order chi connectivity index (χ1) is 12.5. The monoisotopic (exact) mass is 394 g/mol. The molecule has 1 heterocycles.